The van der Waals surface area contributed by atoms with Crippen molar-refractivity contribution < 1.29 is 4.74 Å². The van der Waals surface area contributed by atoms with Gasteiger partial charge in [-0.25, -0.2) is 0 Å². The van der Waals surface area contributed by atoms with E-state index in [1.165, 1.54) is 36.8 Å². The molecule has 3 unspecified atom stereocenters. The van der Waals surface area contributed by atoms with Crippen LogP contribution in [-0.2, 0) is 11.2 Å². The van der Waals surface area contributed by atoms with Gasteiger partial charge in [-0.3, -0.25) is 0 Å². The van der Waals surface area contributed by atoms with Gasteiger partial charge in [0.1, 0.15) is 0 Å². The van der Waals surface area contributed by atoms with Crippen LogP contribution in [0.4, 0.5) is 0 Å². The van der Waals surface area contributed by atoms with E-state index in [0.717, 1.165) is 26.1 Å². The average Bonchev–Trinajstić information content (AvgIpc) is 2.49. The van der Waals surface area contributed by atoms with Gasteiger partial charge in [-0.05, 0) is 42.9 Å². The molecule has 0 bridgehead atoms. The van der Waals surface area contributed by atoms with E-state index in [9.17, 15) is 0 Å². The van der Waals surface area contributed by atoms with E-state index in [1.807, 2.05) is 0 Å². The molecule has 1 saturated carbocycles. The first kappa shape index (κ1) is 14.4. The zero-order valence-electron chi connectivity index (χ0n) is 12.0. The zero-order valence-corrected chi connectivity index (χ0v) is 12.7. The maximum Gasteiger partial charge on any atom is 0.0952 e. The van der Waals surface area contributed by atoms with Gasteiger partial charge in [0.15, 0.2) is 0 Å². The van der Waals surface area contributed by atoms with Crippen molar-refractivity contribution in [3.8, 4) is 0 Å². The number of rotatable bonds is 4. The van der Waals surface area contributed by atoms with Gasteiger partial charge in [0.05, 0.1) is 12.7 Å². The van der Waals surface area contributed by atoms with Crippen molar-refractivity contribution in [2.75, 3.05) is 19.7 Å². The molecule has 3 rings (SSSR count). The Morgan fingerprint density at radius 2 is 2.00 bits per heavy atom. The first-order valence-electron chi connectivity index (χ1n) is 7.89. The first-order valence-corrected chi connectivity index (χ1v) is 8.32. The summed E-state index contributed by atoms with van der Waals surface area (Å²) in [4.78, 5) is 0. The van der Waals surface area contributed by atoms with Crippen LogP contribution < -0.4 is 5.32 Å². The Balaban J connectivity index is 1.52. The van der Waals surface area contributed by atoms with Gasteiger partial charge in [-0.2, -0.15) is 0 Å². The molecular formula is C17H24ClNO. The Labute approximate surface area is 126 Å². The molecule has 1 aliphatic heterocycles. The molecular weight excluding hydrogens is 270 g/mol. The molecule has 1 aromatic rings. The Morgan fingerprint density at radius 3 is 2.90 bits per heavy atom. The minimum Gasteiger partial charge on any atom is -0.372 e. The Hall–Kier alpha value is -0.570. The van der Waals surface area contributed by atoms with Gasteiger partial charge >= 0.3 is 0 Å². The lowest BCUT2D eigenvalue weighted by Crippen LogP contribution is -2.34. The highest BCUT2D eigenvalue weighted by Crippen LogP contribution is 2.29. The quantitative estimate of drug-likeness (QED) is 0.855. The molecule has 2 aliphatic rings. The van der Waals surface area contributed by atoms with Crippen molar-refractivity contribution >= 4 is 11.6 Å². The minimum atomic E-state index is 0.206. The maximum atomic E-state index is 6.41. The average molecular weight is 294 g/mol. The fourth-order valence-electron chi connectivity index (χ4n) is 3.44. The summed E-state index contributed by atoms with van der Waals surface area (Å²) in [5, 5.41) is 3.94. The predicted molar refractivity (Wildman–Crippen MR) is 83.3 cm³/mol. The lowest BCUT2D eigenvalue weighted by atomic mass is 9.88. The summed E-state index contributed by atoms with van der Waals surface area (Å²) in [5.41, 5.74) is 2.80. The fourth-order valence-corrected chi connectivity index (χ4v) is 3.81. The number of ether oxygens (including phenoxy) is 1. The topological polar surface area (TPSA) is 21.3 Å². The fraction of sp³-hybridized carbons (Fsp3) is 0.647. The number of hydrogen-bond acceptors (Lipinski definition) is 2. The molecule has 3 heteroatoms. The van der Waals surface area contributed by atoms with Crippen LogP contribution in [0.5, 0.6) is 0 Å². The van der Waals surface area contributed by atoms with Crippen molar-refractivity contribution in [1.29, 1.82) is 0 Å². The van der Waals surface area contributed by atoms with Crippen LogP contribution in [0.2, 0.25) is 0 Å². The summed E-state index contributed by atoms with van der Waals surface area (Å²) in [6, 6.07) is 8.65. The van der Waals surface area contributed by atoms with E-state index in [4.69, 9.17) is 16.3 Å². The van der Waals surface area contributed by atoms with Gasteiger partial charge in [-0.15, -0.1) is 11.6 Å². The van der Waals surface area contributed by atoms with Crippen molar-refractivity contribution in [2.45, 2.75) is 43.6 Å². The highest BCUT2D eigenvalue weighted by atomic mass is 35.5. The van der Waals surface area contributed by atoms with Crippen molar-refractivity contribution in [3.63, 3.8) is 0 Å². The number of benzene rings is 1. The maximum absolute atomic E-state index is 6.41. The molecule has 1 aromatic carbocycles. The van der Waals surface area contributed by atoms with Crippen molar-refractivity contribution in [3.05, 3.63) is 35.4 Å². The predicted octanol–water partition coefficient (Wildman–Crippen LogP) is 3.69. The second-order valence-electron chi connectivity index (χ2n) is 6.03. The van der Waals surface area contributed by atoms with E-state index >= 15 is 0 Å². The van der Waals surface area contributed by atoms with E-state index in [-0.39, 0.29) is 6.10 Å². The van der Waals surface area contributed by atoms with Crippen LogP contribution in [0.3, 0.4) is 0 Å². The highest BCUT2D eigenvalue weighted by molar-refractivity contribution is 6.20. The SMILES string of the molecule is ClC1CCCCC1CNCC1OCCc2ccccc21. The second kappa shape index (κ2) is 6.93. The standard InChI is InChI=1S/C17H24ClNO/c18-16-8-4-2-6-14(16)11-19-12-17-15-7-3-1-5-13(15)9-10-20-17/h1,3,5,7,14,16-17,19H,2,4,6,8-12H2. The van der Waals surface area contributed by atoms with Crippen molar-refractivity contribution in [2.24, 2.45) is 5.92 Å². The van der Waals surface area contributed by atoms with Crippen LogP contribution in [0.1, 0.15) is 42.9 Å². The number of fused-ring (bicyclic) bond motifs is 1. The molecule has 1 aliphatic carbocycles. The molecule has 0 aromatic heterocycles. The number of halogens is 1. The van der Waals surface area contributed by atoms with Crippen LogP contribution in [0.15, 0.2) is 24.3 Å². The van der Waals surface area contributed by atoms with Crippen LogP contribution in [0.25, 0.3) is 0 Å². The molecule has 2 nitrogen and oxygen atoms in total. The molecule has 0 spiro atoms. The smallest absolute Gasteiger partial charge is 0.0952 e. The van der Waals surface area contributed by atoms with Gasteiger partial charge in [0.25, 0.3) is 0 Å². The summed E-state index contributed by atoms with van der Waals surface area (Å²) in [6.45, 7) is 2.76. The van der Waals surface area contributed by atoms with E-state index in [2.05, 4.69) is 29.6 Å². The van der Waals surface area contributed by atoms with E-state index in [1.54, 1.807) is 0 Å². The molecule has 3 atom stereocenters. The van der Waals surface area contributed by atoms with Gasteiger partial charge in [-0.1, -0.05) is 37.1 Å². The summed E-state index contributed by atoms with van der Waals surface area (Å²) >= 11 is 6.41. The van der Waals surface area contributed by atoms with Gasteiger partial charge in [0.2, 0.25) is 0 Å². The van der Waals surface area contributed by atoms with Gasteiger partial charge in [0, 0.05) is 11.9 Å². The van der Waals surface area contributed by atoms with Gasteiger partial charge < -0.3 is 10.1 Å². The Bertz CT molecular complexity index is 437. The highest BCUT2D eigenvalue weighted by Gasteiger charge is 2.24. The number of hydrogen-bond donors (Lipinski definition) is 1. The molecule has 110 valence electrons. The third kappa shape index (κ3) is 3.36. The first-order chi connectivity index (χ1) is 9.84. The molecule has 1 fully saturated rings. The molecule has 0 saturated heterocycles. The third-order valence-electron chi connectivity index (χ3n) is 4.64. The van der Waals surface area contributed by atoms with E-state index in [0.29, 0.717) is 11.3 Å². The summed E-state index contributed by atoms with van der Waals surface area (Å²) in [6.07, 6.45) is 6.32. The third-order valence-corrected chi connectivity index (χ3v) is 5.22. The van der Waals surface area contributed by atoms with Crippen LogP contribution >= 0.6 is 11.6 Å². The number of alkyl halides is 1. The van der Waals surface area contributed by atoms with Crippen molar-refractivity contribution in [1.82, 2.24) is 5.32 Å². The molecule has 1 heterocycles. The molecule has 0 radical (unpaired) electrons. The summed E-state index contributed by atoms with van der Waals surface area (Å²) < 4.78 is 5.93. The zero-order chi connectivity index (χ0) is 13.8. The normalized spacial score (nSPS) is 29.9. The van der Waals surface area contributed by atoms with Crippen LogP contribution in [0, 0.1) is 5.92 Å². The lowest BCUT2D eigenvalue weighted by Gasteiger charge is -2.30. The Morgan fingerprint density at radius 1 is 1.15 bits per heavy atom. The van der Waals surface area contributed by atoms with Crippen LogP contribution in [-0.4, -0.2) is 25.1 Å². The Kier molecular flexibility index (Phi) is 4.98. The molecule has 1 N–H and O–H groups in total. The minimum absolute atomic E-state index is 0.206. The number of nitrogens with one attached hydrogen (secondary N) is 1. The summed E-state index contributed by atoms with van der Waals surface area (Å²) in [5.74, 6) is 0.629. The largest absolute Gasteiger partial charge is 0.372 e. The summed E-state index contributed by atoms with van der Waals surface area (Å²) in [7, 11) is 0. The van der Waals surface area contributed by atoms with E-state index < -0.39 is 0 Å². The second-order valence-corrected chi connectivity index (χ2v) is 6.59. The molecule has 0 amide bonds. The molecule has 20 heavy (non-hydrogen) atoms. The monoisotopic (exact) mass is 293 g/mol. The lowest BCUT2D eigenvalue weighted by molar-refractivity contribution is 0.0417.